The highest BCUT2D eigenvalue weighted by Crippen LogP contribution is 2.45. The van der Waals surface area contributed by atoms with Gasteiger partial charge in [0.15, 0.2) is 0 Å². The molecule has 113 heavy (non-hydrogen) atoms. The molecule has 4 aliphatic rings. The molecule has 4 N–H and O–H groups in total. The summed E-state index contributed by atoms with van der Waals surface area (Å²) in [6.45, 7) is 39.3. The molecule has 11 heterocycles. The number of aryl methyl sites for hydroxylation is 18. The molecule has 0 atom stereocenters. The van der Waals surface area contributed by atoms with Gasteiger partial charge in [0.1, 0.15) is 11.4 Å². The third-order valence-corrected chi connectivity index (χ3v) is 22.6. The van der Waals surface area contributed by atoms with Gasteiger partial charge in [-0.15, -0.1) is 0 Å². The van der Waals surface area contributed by atoms with Gasteiger partial charge in [-0.2, -0.15) is 0 Å². The number of hydrogen-bond acceptors (Lipinski definition) is 6. The second kappa shape index (κ2) is 28.4. The van der Waals surface area contributed by atoms with Gasteiger partial charge in [-0.05, 0) is 345 Å². The summed E-state index contributed by atoms with van der Waals surface area (Å²) in [4.78, 5) is 48.2. The highest BCUT2D eigenvalue weighted by molar-refractivity contribution is 6.28. The number of aromatic nitrogens is 10. The SMILES string of the molecule is Cc1cc(C)c(-c2c3nc(c(-c4c(C)cc(C)cc4C)c4ccc([nH]4)c(-c4c(C)cc(C)cc4C)c4nc(c(C#Cc5cc(C#Cc6c7nc(c(-c8c(C)cc(C)cc8C)c8ccc([nH]8)c(-c8c(C)cc(C)cc8C)c8nc(c(-c9c(C)cc(C)cc9C)c9ccc6[nH]9)C=C8)C=C7)nc(Cl)n5)c5ccc2[nH]5)C=C4)C=C3)c(C)c1. The van der Waals surface area contributed by atoms with Crippen LogP contribution in [0.25, 0.3) is 160 Å². The number of rotatable bonds is 6. The van der Waals surface area contributed by atoms with Crippen LogP contribution in [0.4, 0.5) is 0 Å². The molecule has 11 heteroatoms. The second-order valence-corrected chi connectivity index (χ2v) is 31.9. The van der Waals surface area contributed by atoms with Gasteiger partial charge in [0.05, 0.1) is 67.7 Å². The van der Waals surface area contributed by atoms with Crippen LogP contribution in [0.1, 0.15) is 168 Å². The number of halogens is 1. The van der Waals surface area contributed by atoms with Gasteiger partial charge in [-0.25, -0.2) is 29.9 Å². The minimum Gasteiger partial charge on any atom is -0.354 e. The number of aromatic amines is 4. The van der Waals surface area contributed by atoms with E-state index in [2.05, 4.69) is 338 Å². The summed E-state index contributed by atoms with van der Waals surface area (Å²) in [7, 11) is 0. The fraction of sp³-hybridized carbons (Fsp3) is 0.176. The van der Waals surface area contributed by atoms with Crippen LogP contribution in [-0.4, -0.2) is 49.8 Å². The largest absolute Gasteiger partial charge is 0.354 e. The summed E-state index contributed by atoms with van der Waals surface area (Å²) in [5, 5.41) is -0.00358. The first kappa shape index (κ1) is 72.8. The normalized spacial score (nSPS) is 12.1. The van der Waals surface area contributed by atoms with Gasteiger partial charge in [-0.3, -0.25) is 0 Å². The van der Waals surface area contributed by atoms with E-state index in [9.17, 15) is 0 Å². The molecule has 0 radical (unpaired) electrons. The molecule has 7 aromatic heterocycles. The summed E-state index contributed by atoms with van der Waals surface area (Å²) >= 11 is 7.09. The molecular weight excluding hydrogens is 1400 g/mol. The third-order valence-electron chi connectivity index (χ3n) is 22.4. The van der Waals surface area contributed by atoms with Crippen LogP contribution in [0.5, 0.6) is 0 Å². The van der Waals surface area contributed by atoms with E-state index in [1.54, 1.807) is 6.07 Å². The Labute approximate surface area is 665 Å². The van der Waals surface area contributed by atoms with Crippen molar-refractivity contribution in [1.29, 1.82) is 0 Å². The van der Waals surface area contributed by atoms with Crippen molar-refractivity contribution in [3.63, 3.8) is 0 Å². The lowest BCUT2D eigenvalue weighted by molar-refractivity contribution is 1.13. The van der Waals surface area contributed by atoms with E-state index in [-0.39, 0.29) is 5.28 Å². The van der Waals surface area contributed by atoms with E-state index < -0.39 is 0 Å². The zero-order valence-electron chi connectivity index (χ0n) is 67.3. The molecule has 0 saturated carbocycles. The summed E-state index contributed by atoms with van der Waals surface area (Å²) in [6, 6.07) is 46.2. The van der Waals surface area contributed by atoms with Gasteiger partial charge in [0.25, 0.3) is 0 Å². The van der Waals surface area contributed by atoms with Crippen LogP contribution in [0, 0.1) is 148 Å². The maximum absolute atomic E-state index is 7.09. The summed E-state index contributed by atoms with van der Waals surface area (Å²) in [6.07, 6.45) is 17.1. The Morgan fingerprint density at radius 1 is 0.204 bits per heavy atom. The van der Waals surface area contributed by atoms with Crippen molar-refractivity contribution in [2.24, 2.45) is 0 Å². The molecule has 13 aromatic rings. The fourth-order valence-corrected chi connectivity index (χ4v) is 18.7. The van der Waals surface area contributed by atoms with Crippen molar-refractivity contribution < 1.29 is 0 Å². The summed E-state index contributed by atoms with van der Waals surface area (Å²) in [5.74, 6) is 14.2. The molecule has 10 nitrogen and oxygen atoms in total. The summed E-state index contributed by atoms with van der Waals surface area (Å²) in [5.41, 5.74) is 49.1. The molecule has 0 amide bonds. The first-order valence-corrected chi connectivity index (χ1v) is 39.0. The number of fused-ring (bicyclic) bond motifs is 16. The first-order chi connectivity index (χ1) is 54.2. The van der Waals surface area contributed by atoms with Crippen molar-refractivity contribution in [2.45, 2.75) is 125 Å². The molecule has 0 aliphatic carbocycles. The Bertz CT molecular complexity index is 6370. The van der Waals surface area contributed by atoms with Crippen molar-refractivity contribution in [3.05, 3.63) is 301 Å². The fourth-order valence-electron chi connectivity index (χ4n) is 18.5. The highest BCUT2D eigenvalue weighted by atomic mass is 35.5. The standard InChI is InChI=1S/C102H87ClN10/c1-52-39-58(7)90(59(8)40-52)96-78-27-23-74(106-78)72(75-24-28-79(107-75)97(91-60(9)41-53(2)42-61(91)10)83-32-36-87(111-83)100(86-35-31-82(96)110-86)94-66(15)47-56(5)48-67(94)16)21-19-70-51-71(105-102(103)104-70)20-22-73-76-25-29-80(108-76)98(92-62(11)43-54(3)44-63(92)12)84-33-37-88(112-84)101(95-68(17)49-57(6)50-69(95)18)89-38-34-85(113-89)99(81-30-26-77(73)109-81)93-64(13)45-55(4)46-65(93)14/h23-51,106,108,111,113H,1-18H3. The van der Waals surface area contributed by atoms with Gasteiger partial charge >= 0.3 is 0 Å². The predicted octanol–water partition coefficient (Wildman–Crippen LogP) is 25.4. The lowest BCUT2D eigenvalue weighted by atomic mass is 9.92. The zero-order chi connectivity index (χ0) is 78.9. The lowest BCUT2D eigenvalue weighted by Gasteiger charge is -2.14. The monoisotopic (exact) mass is 1490 g/mol. The Morgan fingerprint density at radius 3 is 0.593 bits per heavy atom. The lowest BCUT2D eigenvalue weighted by Crippen LogP contribution is -1.96. The molecule has 0 saturated heterocycles. The van der Waals surface area contributed by atoms with Crippen LogP contribution in [0.2, 0.25) is 5.28 Å². The minimum atomic E-state index is -0.00358. The highest BCUT2D eigenvalue weighted by Gasteiger charge is 2.26. The number of nitrogens with zero attached hydrogens (tertiary/aromatic N) is 6. The van der Waals surface area contributed by atoms with Gasteiger partial charge in [0.2, 0.25) is 5.28 Å². The van der Waals surface area contributed by atoms with Crippen LogP contribution < -0.4 is 0 Å². The smallest absolute Gasteiger partial charge is 0.224 e. The van der Waals surface area contributed by atoms with Crippen molar-refractivity contribution >= 4 is 104 Å². The molecular formula is C102H87ClN10. The quantitative estimate of drug-likeness (QED) is 0.0965. The van der Waals surface area contributed by atoms with Gasteiger partial charge < -0.3 is 19.9 Å². The Kier molecular flexibility index (Phi) is 18.3. The van der Waals surface area contributed by atoms with Crippen LogP contribution >= 0.6 is 11.6 Å². The molecule has 0 spiro atoms. The molecule has 0 fully saturated rings. The topological polar surface area (TPSA) is 140 Å². The molecule has 17 rings (SSSR count). The van der Waals surface area contributed by atoms with E-state index in [1.807, 2.05) is 0 Å². The van der Waals surface area contributed by atoms with Gasteiger partial charge in [-0.1, -0.05) is 118 Å². The van der Waals surface area contributed by atoms with Crippen LogP contribution in [0.15, 0.2) is 127 Å². The van der Waals surface area contributed by atoms with Gasteiger partial charge in [0, 0.05) is 72.5 Å². The first-order valence-electron chi connectivity index (χ1n) is 38.7. The zero-order valence-corrected chi connectivity index (χ0v) is 68.1. The third kappa shape index (κ3) is 13.3. The van der Waals surface area contributed by atoms with E-state index in [0.29, 0.717) is 33.9 Å². The number of nitrogens with one attached hydrogen (secondary N) is 4. The Balaban J connectivity index is 0.904. The van der Waals surface area contributed by atoms with E-state index in [1.165, 1.54) is 55.6 Å². The number of benzene rings is 6. The van der Waals surface area contributed by atoms with Crippen LogP contribution in [0.3, 0.4) is 0 Å². The average Bonchev–Trinajstić information content (AvgIpc) is 1.62. The Morgan fingerprint density at radius 2 is 0.381 bits per heavy atom. The maximum Gasteiger partial charge on any atom is 0.224 e. The second-order valence-electron chi connectivity index (χ2n) is 31.6. The minimum absolute atomic E-state index is 0.00358. The van der Waals surface area contributed by atoms with Crippen molar-refractivity contribution in [3.8, 4) is 90.4 Å². The van der Waals surface area contributed by atoms with Crippen molar-refractivity contribution in [1.82, 2.24) is 49.8 Å². The maximum atomic E-state index is 7.09. The molecule has 552 valence electrons. The molecule has 6 aromatic carbocycles. The Hall–Kier alpha value is -13.0. The van der Waals surface area contributed by atoms with Crippen LogP contribution in [-0.2, 0) is 0 Å². The van der Waals surface area contributed by atoms with E-state index in [0.717, 1.165) is 190 Å². The number of H-pyrrole nitrogens is 4. The predicted molar refractivity (Wildman–Crippen MR) is 475 cm³/mol. The summed E-state index contributed by atoms with van der Waals surface area (Å²) < 4.78 is 0. The molecule has 4 aliphatic heterocycles. The molecule has 16 bridgehead atoms. The molecule has 0 unspecified atom stereocenters. The average molecular weight is 1490 g/mol. The van der Waals surface area contributed by atoms with E-state index in [4.69, 9.17) is 41.5 Å². The van der Waals surface area contributed by atoms with E-state index >= 15 is 0 Å². The number of hydrogen-bond donors (Lipinski definition) is 4. The van der Waals surface area contributed by atoms with Crippen molar-refractivity contribution in [2.75, 3.05) is 0 Å².